The largest absolute Gasteiger partial charge is 0.0785 e. The first kappa shape index (κ1) is 8.47. The van der Waals surface area contributed by atoms with Crippen LogP contribution in [0, 0.1) is 0 Å². The molecule has 1 heteroatoms. The van der Waals surface area contributed by atoms with Crippen LogP contribution >= 0.6 is 22.6 Å². The summed E-state index contributed by atoms with van der Waals surface area (Å²) in [5.41, 5.74) is 0. The maximum atomic E-state index is 2.26. The molecule has 0 saturated heterocycles. The normalized spacial score (nSPS) is 10.8. The Morgan fingerprint density at radius 3 is 2.62 bits per heavy atom. The van der Waals surface area contributed by atoms with E-state index < -0.39 is 0 Å². The summed E-state index contributed by atoms with van der Waals surface area (Å²) in [6.45, 7) is 2.23. The van der Waals surface area contributed by atoms with Crippen LogP contribution in [-0.4, -0.2) is 0 Å². The zero-order chi connectivity index (χ0) is 6.24. The highest BCUT2D eigenvalue weighted by molar-refractivity contribution is 14.1. The molecule has 8 heavy (non-hydrogen) atoms. The van der Waals surface area contributed by atoms with E-state index in [0.717, 1.165) is 0 Å². The molecule has 0 atom stereocenters. The predicted molar refractivity (Wildman–Crippen MR) is 47.3 cm³/mol. The lowest BCUT2D eigenvalue weighted by molar-refractivity contribution is 0.730. The van der Waals surface area contributed by atoms with Gasteiger partial charge in [-0.3, -0.25) is 0 Å². The number of allylic oxidation sites excluding steroid dienone is 1. The molecule has 0 bridgehead atoms. The van der Waals surface area contributed by atoms with Crippen LogP contribution in [0.25, 0.3) is 0 Å². The van der Waals surface area contributed by atoms with E-state index in [2.05, 4.69) is 39.7 Å². The molecule has 0 N–H and O–H groups in total. The van der Waals surface area contributed by atoms with E-state index in [0.29, 0.717) is 0 Å². The van der Waals surface area contributed by atoms with E-state index in [1.54, 1.807) is 0 Å². The molecule has 0 rings (SSSR count). The summed E-state index contributed by atoms with van der Waals surface area (Å²) >= 11 is 2.26. The lowest BCUT2D eigenvalue weighted by atomic mass is 10.2. The molecule has 0 saturated carbocycles. The van der Waals surface area contributed by atoms with Crippen molar-refractivity contribution in [2.75, 3.05) is 0 Å². The molecular formula is C7H13I. The van der Waals surface area contributed by atoms with E-state index in [-0.39, 0.29) is 0 Å². The highest BCUT2D eigenvalue weighted by Gasteiger charge is 1.78. The van der Waals surface area contributed by atoms with E-state index in [9.17, 15) is 0 Å². The fourth-order valence-electron chi connectivity index (χ4n) is 0.575. The highest BCUT2D eigenvalue weighted by Crippen LogP contribution is 2.00. The van der Waals surface area contributed by atoms with Crippen LogP contribution in [0.5, 0.6) is 0 Å². The van der Waals surface area contributed by atoms with Gasteiger partial charge in [-0.25, -0.2) is 0 Å². The first-order valence-corrected chi connectivity index (χ1v) is 4.41. The minimum atomic E-state index is 1.26. The van der Waals surface area contributed by atoms with Gasteiger partial charge in [0.25, 0.3) is 0 Å². The van der Waals surface area contributed by atoms with Crippen LogP contribution < -0.4 is 0 Å². The van der Waals surface area contributed by atoms with Crippen LogP contribution in [-0.2, 0) is 0 Å². The van der Waals surface area contributed by atoms with Gasteiger partial charge >= 0.3 is 0 Å². The molecule has 0 aromatic carbocycles. The van der Waals surface area contributed by atoms with Crippen LogP contribution in [0.2, 0.25) is 0 Å². The quantitative estimate of drug-likeness (QED) is 0.506. The van der Waals surface area contributed by atoms with E-state index in [1.165, 1.54) is 25.7 Å². The van der Waals surface area contributed by atoms with Gasteiger partial charge in [-0.1, -0.05) is 48.4 Å². The minimum Gasteiger partial charge on any atom is -0.0785 e. The summed E-state index contributed by atoms with van der Waals surface area (Å²) in [5, 5.41) is 0. The van der Waals surface area contributed by atoms with Crippen molar-refractivity contribution in [3.05, 3.63) is 10.2 Å². The third-order valence-electron chi connectivity index (χ3n) is 1.06. The summed E-state index contributed by atoms with van der Waals surface area (Å²) in [6.07, 6.45) is 7.54. The molecule has 0 radical (unpaired) electrons. The van der Waals surface area contributed by atoms with Gasteiger partial charge in [0, 0.05) is 0 Å². The smallest absolute Gasteiger partial charge is 0.0274 e. The second-order valence-electron chi connectivity index (χ2n) is 1.86. The van der Waals surface area contributed by atoms with Crippen LogP contribution in [0.3, 0.4) is 0 Å². The van der Waals surface area contributed by atoms with Crippen molar-refractivity contribution in [3.63, 3.8) is 0 Å². The molecule has 0 aliphatic carbocycles. The van der Waals surface area contributed by atoms with Crippen molar-refractivity contribution in [1.82, 2.24) is 0 Å². The Balaban J connectivity index is 2.72. The Morgan fingerprint density at radius 2 is 2.12 bits per heavy atom. The summed E-state index contributed by atoms with van der Waals surface area (Å²) in [7, 11) is 0. The standard InChI is InChI=1S/C7H13I/c1-2-3-4-5-6-7-8/h6-7H,2-5H2,1H3/b7-6+. The minimum absolute atomic E-state index is 1.26. The molecule has 0 amide bonds. The molecule has 0 nitrogen and oxygen atoms in total. The lowest BCUT2D eigenvalue weighted by Gasteiger charge is -1.88. The number of hydrogen-bond donors (Lipinski definition) is 0. The Bertz CT molecular complexity index is 57.4. The first-order chi connectivity index (χ1) is 3.91. The predicted octanol–water partition coefficient (Wildman–Crippen LogP) is 3.52. The molecule has 0 aromatic heterocycles. The molecule has 0 aromatic rings. The van der Waals surface area contributed by atoms with Crippen LogP contribution in [0.4, 0.5) is 0 Å². The topological polar surface area (TPSA) is 0 Å². The monoisotopic (exact) mass is 224 g/mol. The van der Waals surface area contributed by atoms with E-state index >= 15 is 0 Å². The summed E-state index contributed by atoms with van der Waals surface area (Å²) in [4.78, 5) is 0. The second-order valence-corrected chi connectivity index (χ2v) is 2.58. The zero-order valence-corrected chi connectivity index (χ0v) is 7.52. The van der Waals surface area contributed by atoms with E-state index in [1.807, 2.05) is 0 Å². The highest BCUT2D eigenvalue weighted by atomic mass is 127. The molecular weight excluding hydrogens is 211 g/mol. The summed E-state index contributed by atoms with van der Waals surface area (Å²) in [5.74, 6) is 0. The maximum Gasteiger partial charge on any atom is -0.0274 e. The van der Waals surface area contributed by atoms with Gasteiger partial charge in [0.05, 0.1) is 0 Å². The van der Waals surface area contributed by atoms with Crippen LogP contribution in [0.15, 0.2) is 10.2 Å². The Kier molecular flexibility index (Phi) is 7.91. The number of unbranched alkanes of at least 4 members (excludes halogenated alkanes) is 3. The van der Waals surface area contributed by atoms with Crippen molar-refractivity contribution in [2.45, 2.75) is 32.6 Å². The molecule has 0 unspecified atom stereocenters. The first-order valence-electron chi connectivity index (χ1n) is 3.17. The van der Waals surface area contributed by atoms with Crippen molar-refractivity contribution >= 4 is 22.6 Å². The lowest BCUT2D eigenvalue weighted by Crippen LogP contribution is -1.68. The Hall–Kier alpha value is 0.470. The van der Waals surface area contributed by atoms with Crippen molar-refractivity contribution < 1.29 is 0 Å². The van der Waals surface area contributed by atoms with Gasteiger partial charge in [-0.15, -0.1) is 0 Å². The number of halogens is 1. The summed E-state index contributed by atoms with van der Waals surface area (Å²) < 4.78 is 2.09. The van der Waals surface area contributed by atoms with Gasteiger partial charge in [0.1, 0.15) is 0 Å². The Morgan fingerprint density at radius 1 is 1.38 bits per heavy atom. The average molecular weight is 224 g/mol. The molecule has 0 heterocycles. The number of rotatable bonds is 4. The third kappa shape index (κ3) is 6.47. The SMILES string of the molecule is CCCCC/C=C/I. The van der Waals surface area contributed by atoms with Gasteiger partial charge in [-0.2, -0.15) is 0 Å². The van der Waals surface area contributed by atoms with Crippen molar-refractivity contribution in [2.24, 2.45) is 0 Å². The average Bonchev–Trinajstić information content (AvgIpc) is 1.81. The van der Waals surface area contributed by atoms with Crippen molar-refractivity contribution in [1.29, 1.82) is 0 Å². The molecule has 0 fully saturated rings. The van der Waals surface area contributed by atoms with Crippen molar-refractivity contribution in [3.8, 4) is 0 Å². The fraction of sp³-hybridized carbons (Fsp3) is 0.714. The van der Waals surface area contributed by atoms with Gasteiger partial charge in [0.2, 0.25) is 0 Å². The van der Waals surface area contributed by atoms with Gasteiger partial charge in [-0.05, 0) is 16.9 Å². The zero-order valence-electron chi connectivity index (χ0n) is 5.36. The van der Waals surface area contributed by atoms with E-state index in [4.69, 9.17) is 0 Å². The second kappa shape index (κ2) is 7.47. The maximum absolute atomic E-state index is 2.26. The molecule has 0 aliphatic heterocycles. The molecule has 0 aliphatic rings. The molecule has 48 valence electrons. The Labute approximate surface area is 65.5 Å². The number of hydrogen-bond acceptors (Lipinski definition) is 0. The molecule has 0 spiro atoms. The van der Waals surface area contributed by atoms with Gasteiger partial charge in [0.15, 0.2) is 0 Å². The van der Waals surface area contributed by atoms with Gasteiger partial charge < -0.3 is 0 Å². The van der Waals surface area contributed by atoms with Crippen LogP contribution in [0.1, 0.15) is 32.6 Å². The fourth-order valence-corrected chi connectivity index (χ4v) is 0.935. The summed E-state index contributed by atoms with van der Waals surface area (Å²) in [6, 6.07) is 0. The third-order valence-corrected chi connectivity index (χ3v) is 1.57.